The van der Waals surface area contributed by atoms with E-state index in [9.17, 15) is 0 Å². The Labute approximate surface area is 272 Å². The SMILES string of the molecule is C=CC.CC.CC(C)C.CC(C)C=NC(C)C.C[CH-]C.[CH2-]C(C)C.[HH].[V+2].[Y].[Y].[Y]. The maximum atomic E-state index is 4.20. The molecule has 0 unspecified atom stereocenters. The van der Waals surface area contributed by atoms with E-state index in [1.165, 1.54) is 0 Å². The molecule has 28 heavy (non-hydrogen) atoms. The Morgan fingerprint density at radius 2 is 1.00 bits per heavy atom. The number of rotatable bonds is 2. The summed E-state index contributed by atoms with van der Waals surface area (Å²) in [5.74, 6) is 2.01. The van der Waals surface area contributed by atoms with Gasteiger partial charge in [0.1, 0.15) is 0 Å². The molecular weight excluding hydrogens is 608 g/mol. The van der Waals surface area contributed by atoms with E-state index in [1.54, 1.807) is 6.08 Å². The van der Waals surface area contributed by atoms with Crippen molar-refractivity contribution in [1.29, 1.82) is 0 Å². The first-order valence-corrected chi connectivity index (χ1v) is 9.59. The first kappa shape index (κ1) is 63.3. The van der Waals surface area contributed by atoms with Crippen LogP contribution in [-0.2, 0) is 117 Å². The van der Waals surface area contributed by atoms with Crippen molar-refractivity contribution >= 4 is 6.21 Å². The van der Waals surface area contributed by atoms with Crippen LogP contribution in [0.3, 0.4) is 0 Å². The Hall–Kier alpha value is 3.31. The second-order valence-corrected chi connectivity index (χ2v) is 6.75. The van der Waals surface area contributed by atoms with Crippen molar-refractivity contribution in [2.24, 2.45) is 22.7 Å². The second-order valence-electron chi connectivity index (χ2n) is 6.75. The molecule has 0 heterocycles. The van der Waals surface area contributed by atoms with Gasteiger partial charge in [0.15, 0.2) is 0 Å². The minimum Gasteiger partial charge on any atom is -0.341 e. The van der Waals surface area contributed by atoms with Gasteiger partial charge in [-0.1, -0.05) is 68.4 Å². The maximum Gasteiger partial charge on any atom is 2.00 e. The van der Waals surface area contributed by atoms with Crippen molar-refractivity contribution in [2.75, 3.05) is 0 Å². The quantitative estimate of drug-likeness (QED) is 0.159. The van der Waals surface area contributed by atoms with E-state index < -0.39 is 0 Å². The van der Waals surface area contributed by atoms with Crippen LogP contribution in [-0.4, -0.2) is 12.3 Å². The second kappa shape index (κ2) is 69.8. The molecule has 0 N–H and O–H groups in total. The molecule has 0 bridgehead atoms. The van der Waals surface area contributed by atoms with Crippen LogP contribution in [0.5, 0.6) is 0 Å². The average molecular weight is 663 g/mol. The van der Waals surface area contributed by atoms with Gasteiger partial charge in [-0.25, -0.2) is 0 Å². The van der Waals surface area contributed by atoms with Gasteiger partial charge in [-0.3, -0.25) is 4.99 Å². The minimum atomic E-state index is 0. The number of allylic oxidation sites excluding steroid dienone is 1. The van der Waals surface area contributed by atoms with Crippen LogP contribution in [0.1, 0.15) is 98.4 Å². The summed E-state index contributed by atoms with van der Waals surface area (Å²) in [5.41, 5.74) is 0. The van der Waals surface area contributed by atoms with Crippen LogP contribution in [0.25, 0.3) is 0 Å². The van der Waals surface area contributed by atoms with Crippen LogP contribution in [0.15, 0.2) is 17.6 Å². The third-order valence-electron chi connectivity index (χ3n) is 0.682. The molecule has 0 saturated heterocycles. The topological polar surface area (TPSA) is 12.4 Å². The fourth-order valence-corrected chi connectivity index (χ4v) is 0.344. The van der Waals surface area contributed by atoms with Crippen LogP contribution < -0.4 is 0 Å². The smallest absolute Gasteiger partial charge is 0.341 e. The molecule has 0 fully saturated rings. The summed E-state index contributed by atoms with van der Waals surface area (Å²) in [4.78, 5) is 4.20. The number of aliphatic imine (C=N–C) groups is 1. The van der Waals surface area contributed by atoms with Gasteiger partial charge in [0.2, 0.25) is 0 Å². The summed E-state index contributed by atoms with van der Waals surface area (Å²) >= 11 is 0. The van der Waals surface area contributed by atoms with Gasteiger partial charge in [0, 0.05) is 112 Å². The molecule has 1 nitrogen and oxygen atoms in total. The molecule has 5 heteroatoms. The fraction of sp³-hybridized carbons (Fsp3) is 0.783. The van der Waals surface area contributed by atoms with Crippen LogP contribution in [0.2, 0.25) is 0 Å². The van der Waals surface area contributed by atoms with E-state index in [2.05, 4.69) is 80.8 Å². The number of hydrogen-bond acceptors (Lipinski definition) is 1. The van der Waals surface area contributed by atoms with Crippen LogP contribution >= 0.6 is 0 Å². The summed E-state index contributed by atoms with van der Waals surface area (Å²) in [5, 5.41) is 0. The Balaban J connectivity index is -0.0000000153. The molecule has 0 aliphatic heterocycles. The van der Waals surface area contributed by atoms with E-state index in [-0.39, 0.29) is 118 Å². The molecule has 0 aromatic rings. The molecule has 0 aliphatic rings. The third-order valence-corrected chi connectivity index (χ3v) is 0.682. The zero-order valence-electron chi connectivity index (χ0n) is 22.1. The van der Waals surface area contributed by atoms with E-state index >= 15 is 0 Å². The van der Waals surface area contributed by atoms with Crippen molar-refractivity contribution in [3.05, 3.63) is 26.0 Å². The summed E-state index contributed by atoms with van der Waals surface area (Å²) in [6.07, 6.45) is 5.74. The van der Waals surface area contributed by atoms with Gasteiger partial charge in [-0.2, -0.15) is 19.8 Å². The molecule has 166 valence electrons. The molecule has 0 rings (SSSR count). The van der Waals surface area contributed by atoms with Crippen molar-refractivity contribution in [3.63, 3.8) is 0 Å². The zero-order valence-corrected chi connectivity index (χ0v) is 32.0. The Bertz CT molecular complexity index is 181. The maximum absolute atomic E-state index is 4.20. The summed E-state index contributed by atoms with van der Waals surface area (Å²) in [6, 6.07) is 0.456. The van der Waals surface area contributed by atoms with Gasteiger partial charge in [0.25, 0.3) is 0 Å². The first-order chi connectivity index (χ1) is 10.9. The average Bonchev–Trinajstić information content (AvgIpc) is 2.39. The largest absolute Gasteiger partial charge is 2.00 e. The Morgan fingerprint density at radius 3 is 1.04 bits per heavy atom. The van der Waals surface area contributed by atoms with Crippen molar-refractivity contribution < 1.29 is 118 Å². The van der Waals surface area contributed by atoms with Gasteiger partial charge in [-0.15, -0.1) is 6.58 Å². The molecule has 0 atom stereocenters. The normalized spacial score (nSPS) is 7.39. The molecule has 0 aromatic heterocycles. The first-order valence-electron chi connectivity index (χ1n) is 9.59. The van der Waals surface area contributed by atoms with Crippen molar-refractivity contribution in [1.82, 2.24) is 0 Å². The summed E-state index contributed by atoms with van der Waals surface area (Å²) in [6.45, 7) is 35.9. The van der Waals surface area contributed by atoms with Gasteiger partial charge in [0.05, 0.1) is 0 Å². The minimum absolute atomic E-state index is 0. The Kier molecular flexibility index (Phi) is 158. The standard InChI is InChI=1S/C7H15N.C4H10.C4H9.C3H7.C3H6.C2H6.V.3Y.H2/c1-6(2)5-8-7(3)4;2*1-4(2)3;2*1-3-2;1-2;;;;;/h5-7H,1-4H3;4H,1-3H3;4H,1H2,2-3H3;3H,1-2H3;3H,1H2,2H3;1-2H3;;;;;1H/q;;2*-1;;;+2;;;;. The molecular formula is C23H55NVY3. The van der Waals surface area contributed by atoms with E-state index in [0.29, 0.717) is 17.9 Å². The molecule has 0 aromatic carbocycles. The van der Waals surface area contributed by atoms with Gasteiger partial charge >= 0.3 is 18.6 Å². The van der Waals surface area contributed by atoms with Crippen molar-refractivity contribution in [3.8, 4) is 0 Å². The monoisotopic (exact) mass is 663 g/mol. The number of hydrogen-bond donors (Lipinski definition) is 0. The van der Waals surface area contributed by atoms with E-state index in [1.807, 2.05) is 47.3 Å². The molecule has 0 aliphatic carbocycles. The predicted molar refractivity (Wildman–Crippen MR) is 124 cm³/mol. The molecule has 0 saturated carbocycles. The zero-order chi connectivity index (χ0) is 21.1. The molecule has 0 amide bonds. The summed E-state index contributed by atoms with van der Waals surface area (Å²) in [7, 11) is 0. The fourth-order valence-electron chi connectivity index (χ4n) is 0.344. The predicted octanol–water partition coefficient (Wildman–Crippen LogP) is 8.95. The van der Waals surface area contributed by atoms with Crippen LogP contribution in [0, 0.1) is 31.1 Å². The van der Waals surface area contributed by atoms with E-state index in [0.717, 1.165) is 5.92 Å². The Morgan fingerprint density at radius 1 is 0.857 bits per heavy atom. The van der Waals surface area contributed by atoms with Gasteiger partial charge < -0.3 is 13.3 Å². The summed E-state index contributed by atoms with van der Waals surface area (Å²) < 4.78 is 0. The van der Waals surface area contributed by atoms with Crippen LogP contribution in [0.4, 0.5) is 0 Å². The molecule has 0 spiro atoms. The number of nitrogens with zero attached hydrogens (tertiary/aromatic N) is 1. The third kappa shape index (κ3) is 340. The van der Waals surface area contributed by atoms with Gasteiger partial charge in [-0.05, 0) is 32.6 Å². The van der Waals surface area contributed by atoms with E-state index in [4.69, 9.17) is 0 Å². The molecule has 4 radical (unpaired) electrons. The van der Waals surface area contributed by atoms with Crippen molar-refractivity contribution in [2.45, 2.75) is 103 Å².